The van der Waals surface area contributed by atoms with E-state index in [9.17, 15) is 9.59 Å². The fourth-order valence-corrected chi connectivity index (χ4v) is 1.46. The second kappa shape index (κ2) is 6.75. The third-order valence-electron chi connectivity index (χ3n) is 2.84. The Morgan fingerprint density at radius 3 is 2.42 bits per heavy atom. The second-order valence-electron chi connectivity index (χ2n) is 4.27. The predicted octanol–water partition coefficient (Wildman–Crippen LogP) is 0.439. The number of hydrogen-bond acceptors (Lipinski definition) is 4. The van der Waals surface area contributed by atoms with Gasteiger partial charge < -0.3 is 15.8 Å². The Bertz CT molecular complexity index is 445. The number of nitrogens with zero attached hydrogens (tertiary/aromatic N) is 1. The van der Waals surface area contributed by atoms with Gasteiger partial charge in [0.1, 0.15) is 5.75 Å². The minimum atomic E-state index is -0.485. The molecule has 0 saturated heterocycles. The van der Waals surface area contributed by atoms with E-state index in [1.54, 1.807) is 50.2 Å². The number of ether oxygens (including phenoxy) is 1. The smallest absolute Gasteiger partial charge is 0.238 e. The van der Waals surface area contributed by atoms with Crippen LogP contribution >= 0.6 is 0 Å². The van der Waals surface area contributed by atoms with Crippen LogP contribution in [0.5, 0.6) is 5.75 Å². The first-order chi connectivity index (χ1) is 8.93. The normalized spacial score (nSPS) is 12.0. The van der Waals surface area contributed by atoms with Crippen molar-refractivity contribution in [1.29, 1.82) is 0 Å². The number of amides is 2. The number of likely N-dealkylation sites (N-methyl/N-ethyl adjacent to an activating group) is 1. The second-order valence-corrected chi connectivity index (χ2v) is 4.27. The molecule has 6 nitrogen and oxygen atoms in total. The zero-order valence-corrected chi connectivity index (χ0v) is 11.3. The molecule has 0 saturated carbocycles. The van der Waals surface area contributed by atoms with E-state index in [1.807, 2.05) is 0 Å². The van der Waals surface area contributed by atoms with Crippen LogP contribution in [0.1, 0.15) is 6.92 Å². The number of rotatable bonds is 6. The Hall–Kier alpha value is -2.08. The van der Waals surface area contributed by atoms with Gasteiger partial charge in [0.2, 0.25) is 11.8 Å². The molecule has 104 valence electrons. The van der Waals surface area contributed by atoms with E-state index in [0.29, 0.717) is 5.69 Å². The van der Waals surface area contributed by atoms with Crippen LogP contribution < -0.4 is 15.8 Å². The van der Waals surface area contributed by atoms with Gasteiger partial charge in [-0.1, -0.05) is 0 Å². The summed E-state index contributed by atoms with van der Waals surface area (Å²) >= 11 is 0. The molecule has 1 atom stereocenters. The Kier molecular flexibility index (Phi) is 5.32. The largest absolute Gasteiger partial charge is 0.497 e. The molecule has 1 aromatic rings. The van der Waals surface area contributed by atoms with E-state index in [1.165, 1.54) is 0 Å². The minimum absolute atomic E-state index is 0.0934. The summed E-state index contributed by atoms with van der Waals surface area (Å²) in [6.45, 7) is 1.75. The first kappa shape index (κ1) is 15.0. The molecule has 19 heavy (non-hydrogen) atoms. The van der Waals surface area contributed by atoms with Crippen molar-refractivity contribution < 1.29 is 14.3 Å². The van der Waals surface area contributed by atoms with Gasteiger partial charge in [-0.3, -0.25) is 14.5 Å². The molecule has 0 radical (unpaired) electrons. The zero-order valence-electron chi connectivity index (χ0n) is 11.3. The molecule has 1 rings (SSSR count). The first-order valence-corrected chi connectivity index (χ1v) is 5.87. The SMILES string of the molecule is COc1ccc(NC(=O)CN(C)[C@@H](C)C(N)=O)cc1. The van der Waals surface area contributed by atoms with Crippen LogP contribution in [0, 0.1) is 0 Å². The average Bonchev–Trinajstić information content (AvgIpc) is 2.38. The van der Waals surface area contributed by atoms with Crippen LogP contribution in [-0.2, 0) is 9.59 Å². The van der Waals surface area contributed by atoms with Gasteiger partial charge in [0, 0.05) is 5.69 Å². The lowest BCUT2D eigenvalue weighted by atomic mass is 10.2. The van der Waals surface area contributed by atoms with Crippen molar-refractivity contribution in [1.82, 2.24) is 4.90 Å². The third kappa shape index (κ3) is 4.59. The van der Waals surface area contributed by atoms with E-state index in [-0.39, 0.29) is 12.5 Å². The molecular formula is C13H19N3O3. The van der Waals surface area contributed by atoms with Crippen molar-refractivity contribution in [2.24, 2.45) is 5.73 Å². The lowest BCUT2D eigenvalue weighted by Crippen LogP contribution is -2.43. The third-order valence-corrected chi connectivity index (χ3v) is 2.84. The minimum Gasteiger partial charge on any atom is -0.497 e. The number of primary amides is 1. The molecular weight excluding hydrogens is 246 g/mol. The molecule has 3 N–H and O–H groups in total. The van der Waals surface area contributed by atoms with Gasteiger partial charge in [-0.05, 0) is 38.2 Å². The Morgan fingerprint density at radius 2 is 1.95 bits per heavy atom. The summed E-state index contributed by atoms with van der Waals surface area (Å²) in [6.07, 6.45) is 0. The molecule has 1 aromatic carbocycles. The number of nitrogens with two attached hydrogens (primary N) is 1. The van der Waals surface area contributed by atoms with Crippen LogP contribution in [0.3, 0.4) is 0 Å². The highest BCUT2D eigenvalue weighted by atomic mass is 16.5. The highest BCUT2D eigenvalue weighted by Gasteiger charge is 2.17. The molecule has 0 heterocycles. The Morgan fingerprint density at radius 1 is 1.37 bits per heavy atom. The summed E-state index contributed by atoms with van der Waals surface area (Å²) < 4.78 is 5.02. The quantitative estimate of drug-likeness (QED) is 0.781. The van der Waals surface area contributed by atoms with Crippen molar-refractivity contribution in [3.8, 4) is 5.75 Å². The number of benzene rings is 1. The summed E-state index contributed by atoms with van der Waals surface area (Å²) in [5, 5.41) is 2.73. The number of carbonyl (C=O) groups is 2. The van der Waals surface area contributed by atoms with E-state index in [4.69, 9.17) is 10.5 Å². The van der Waals surface area contributed by atoms with Crippen molar-refractivity contribution in [3.05, 3.63) is 24.3 Å². The van der Waals surface area contributed by atoms with Crippen molar-refractivity contribution in [2.75, 3.05) is 26.0 Å². The molecule has 0 aliphatic carbocycles. The molecule has 0 aliphatic rings. The maximum Gasteiger partial charge on any atom is 0.238 e. The van der Waals surface area contributed by atoms with Gasteiger partial charge in [0.15, 0.2) is 0 Å². The zero-order chi connectivity index (χ0) is 14.4. The fraction of sp³-hybridized carbons (Fsp3) is 0.385. The molecule has 0 bridgehead atoms. The number of anilines is 1. The summed E-state index contributed by atoms with van der Waals surface area (Å²) in [5.41, 5.74) is 5.84. The van der Waals surface area contributed by atoms with Crippen LogP contribution in [0.15, 0.2) is 24.3 Å². The highest BCUT2D eigenvalue weighted by Crippen LogP contribution is 2.14. The molecule has 6 heteroatoms. The molecule has 0 aromatic heterocycles. The summed E-state index contributed by atoms with van der Waals surface area (Å²) in [5.74, 6) is 0.0537. The summed E-state index contributed by atoms with van der Waals surface area (Å²) in [7, 11) is 3.25. The predicted molar refractivity (Wildman–Crippen MR) is 72.9 cm³/mol. The summed E-state index contributed by atoms with van der Waals surface area (Å²) in [4.78, 5) is 24.3. The summed E-state index contributed by atoms with van der Waals surface area (Å²) in [6, 6.07) is 6.51. The van der Waals surface area contributed by atoms with E-state index < -0.39 is 11.9 Å². The van der Waals surface area contributed by atoms with Crippen LogP contribution in [0.25, 0.3) is 0 Å². The topological polar surface area (TPSA) is 84.7 Å². The van der Waals surface area contributed by atoms with Gasteiger partial charge in [-0.15, -0.1) is 0 Å². The van der Waals surface area contributed by atoms with Crippen LogP contribution in [-0.4, -0.2) is 43.5 Å². The number of hydrogen-bond donors (Lipinski definition) is 2. The maximum absolute atomic E-state index is 11.8. The van der Waals surface area contributed by atoms with Gasteiger partial charge in [-0.25, -0.2) is 0 Å². The number of nitrogens with one attached hydrogen (secondary N) is 1. The van der Waals surface area contributed by atoms with Gasteiger partial charge in [0.05, 0.1) is 19.7 Å². The van der Waals surface area contributed by atoms with Gasteiger partial charge in [-0.2, -0.15) is 0 Å². The van der Waals surface area contributed by atoms with Crippen molar-refractivity contribution >= 4 is 17.5 Å². The molecule has 2 amide bonds. The van der Waals surface area contributed by atoms with Crippen LogP contribution in [0.2, 0.25) is 0 Å². The Balaban J connectivity index is 2.52. The van der Waals surface area contributed by atoms with Crippen molar-refractivity contribution in [2.45, 2.75) is 13.0 Å². The highest BCUT2D eigenvalue weighted by molar-refractivity contribution is 5.92. The van der Waals surface area contributed by atoms with E-state index in [0.717, 1.165) is 5.75 Å². The molecule has 0 unspecified atom stereocenters. The monoisotopic (exact) mass is 265 g/mol. The number of carbonyl (C=O) groups excluding carboxylic acids is 2. The molecule has 0 spiro atoms. The molecule has 0 fully saturated rings. The lowest BCUT2D eigenvalue weighted by Gasteiger charge is -2.21. The standard InChI is InChI=1S/C13H19N3O3/c1-9(13(14)18)16(2)8-12(17)15-10-4-6-11(19-3)7-5-10/h4-7,9H,8H2,1-3H3,(H2,14,18)(H,15,17)/t9-/m0/s1. The maximum atomic E-state index is 11.8. The van der Waals surface area contributed by atoms with Gasteiger partial charge in [0.25, 0.3) is 0 Å². The first-order valence-electron chi connectivity index (χ1n) is 5.87. The van der Waals surface area contributed by atoms with Crippen LogP contribution in [0.4, 0.5) is 5.69 Å². The van der Waals surface area contributed by atoms with Crippen molar-refractivity contribution in [3.63, 3.8) is 0 Å². The fourth-order valence-electron chi connectivity index (χ4n) is 1.46. The lowest BCUT2D eigenvalue weighted by molar-refractivity contribution is -0.123. The average molecular weight is 265 g/mol. The molecule has 0 aliphatic heterocycles. The number of methoxy groups -OCH3 is 1. The van der Waals surface area contributed by atoms with Gasteiger partial charge >= 0.3 is 0 Å². The van der Waals surface area contributed by atoms with E-state index >= 15 is 0 Å². The van der Waals surface area contributed by atoms with E-state index in [2.05, 4.69) is 5.32 Å². The Labute approximate surface area is 112 Å².